The van der Waals surface area contributed by atoms with Crippen LogP contribution in [0.25, 0.3) is 11.0 Å². The van der Waals surface area contributed by atoms with Crippen molar-refractivity contribution in [2.45, 2.75) is 32.7 Å². The number of hydrogen-bond donors (Lipinski definition) is 0. The number of likely N-dealkylation sites (tertiary alicyclic amines) is 1. The Kier molecular flexibility index (Phi) is 4.51. The van der Waals surface area contributed by atoms with E-state index < -0.39 is 0 Å². The number of alkyl halides is 1. The monoisotopic (exact) mass is 305 g/mol. The van der Waals surface area contributed by atoms with Gasteiger partial charge in [-0.15, -0.1) is 11.6 Å². The lowest BCUT2D eigenvalue weighted by Crippen LogP contribution is -2.32. The molecule has 2 heterocycles. The molecule has 1 aromatic carbocycles. The maximum absolute atomic E-state index is 5.97. The molecule has 2 aromatic rings. The van der Waals surface area contributed by atoms with Crippen LogP contribution in [0.15, 0.2) is 18.2 Å². The number of rotatable bonds is 4. The summed E-state index contributed by atoms with van der Waals surface area (Å²) in [6.07, 6.45) is 3.41. The molecule has 0 unspecified atom stereocenters. The van der Waals surface area contributed by atoms with Crippen LogP contribution in [0.1, 0.15) is 24.2 Å². The molecule has 1 aliphatic heterocycles. The number of imidazole rings is 1. The van der Waals surface area contributed by atoms with E-state index in [0.29, 0.717) is 5.88 Å². The summed E-state index contributed by atoms with van der Waals surface area (Å²) in [4.78, 5) is 7.22. The Hall–Kier alpha value is -1.06. The van der Waals surface area contributed by atoms with E-state index in [2.05, 4.69) is 41.6 Å². The summed E-state index contributed by atoms with van der Waals surface area (Å²) < 4.78 is 2.42. The van der Waals surface area contributed by atoms with Gasteiger partial charge in [0.2, 0.25) is 0 Å². The van der Waals surface area contributed by atoms with Gasteiger partial charge in [0.15, 0.2) is 0 Å². The van der Waals surface area contributed by atoms with Crippen molar-refractivity contribution >= 4 is 22.6 Å². The third kappa shape index (κ3) is 3.24. The van der Waals surface area contributed by atoms with Crippen molar-refractivity contribution in [2.75, 3.05) is 26.0 Å². The minimum Gasteiger partial charge on any atom is -0.328 e. The molecule has 114 valence electrons. The van der Waals surface area contributed by atoms with Crippen LogP contribution in [0.2, 0.25) is 0 Å². The Bertz CT molecular complexity index is 612. The summed E-state index contributed by atoms with van der Waals surface area (Å²) in [6, 6.07) is 6.53. The van der Waals surface area contributed by atoms with Crippen molar-refractivity contribution in [1.82, 2.24) is 14.5 Å². The quantitative estimate of drug-likeness (QED) is 0.807. The van der Waals surface area contributed by atoms with Gasteiger partial charge in [0, 0.05) is 18.8 Å². The van der Waals surface area contributed by atoms with Crippen LogP contribution in [-0.4, -0.2) is 40.5 Å². The molecule has 3 nitrogen and oxygen atoms in total. The molecule has 1 aliphatic rings. The van der Waals surface area contributed by atoms with Gasteiger partial charge < -0.3 is 9.47 Å². The summed E-state index contributed by atoms with van der Waals surface area (Å²) in [5.74, 6) is 2.54. The zero-order valence-electron chi connectivity index (χ0n) is 13.0. The molecule has 0 amide bonds. The Morgan fingerprint density at radius 3 is 2.76 bits per heavy atom. The maximum atomic E-state index is 5.97. The first-order chi connectivity index (χ1) is 10.2. The second kappa shape index (κ2) is 6.37. The fourth-order valence-corrected chi connectivity index (χ4v) is 3.43. The summed E-state index contributed by atoms with van der Waals surface area (Å²) in [5, 5.41) is 0. The van der Waals surface area contributed by atoms with Crippen LogP contribution in [0.3, 0.4) is 0 Å². The number of nitrogens with zero attached hydrogens (tertiary/aromatic N) is 3. The number of fused-ring (bicyclic) bond motifs is 1. The molecule has 1 fully saturated rings. The average Bonchev–Trinajstić information content (AvgIpc) is 2.79. The van der Waals surface area contributed by atoms with E-state index in [1.807, 2.05) is 0 Å². The number of aryl methyl sites for hydroxylation is 2. The third-order valence-corrected chi connectivity index (χ3v) is 4.77. The van der Waals surface area contributed by atoms with Crippen molar-refractivity contribution in [3.05, 3.63) is 29.6 Å². The largest absolute Gasteiger partial charge is 0.328 e. The topological polar surface area (TPSA) is 21.1 Å². The molecule has 1 aromatic heterocycles. The van der Waals surface area contributed by atoms with Crippen molar-refractivity contribution in [2.24, 2.45) is 5.92 Å². The predicted molar refractivity (Wildman–Crippen MR) is 89.1 cm³/mol. The summed E-state index contributed by atoms with van der Waals surface area (Å²) in [7, 11) is 2.21. The van der Waals surface area contributed by atoms with Crippen molar-refractivity contribution < 1.29 is 0 Å². The predicted octanol–water partition coefficient (Wildman–Crippen LogP) is 3.47. The molecule has 1 saturated heterocycles. The lowest BCUT2D eigenvalue weighted by atomic mass is 9.97. The zero-order valence-corrected chi connectivity index (χ0v) is 13.7. The van der Waals surface area contributed by atoms with Gasteiger partial charge in [-0.05, 0) is 63.5 Å². The lowest BCUT2D eigenvalue weighted by molar-refractivity contribution is 0.205. The van der Waals surface area contributed by atoms with E-state index in [-0.39, 0.29) is 0 Å². The standard InChI is InChI=1S/C17H24ClN3/c1-13-3-4-15-16(11-13)21(17(19-15)5-8-18)12-14-6-9-20(2)10-7-14/h3-4,11,14H,5-10,12H2,1-2H3. The van der Waals surface area contributed by atoms with Gasteiger partial charge in [-0.1, -0.05) is 6.07 Å². The fourth-order valence-electron chi connectivity index (χ4n) is 3.26. The van der Waals surface area contributed by atoms with Gasteiger partial charge in [-0.3, -0.25) is 0 Å². The summed E-state index contributed by atoms with van der Waals surface area (Å²) in [5.41, 5.74) is 3.67. The third-order valence-electron chi connectivity index (χ3n) is 4.58. The van der Waals surface area contributed by atoms with Crippen molar-refractivity contribution in [3.8, 4) is 0 Å². The highest BCUT2D eigenvalue weighted by Crippen LogP contribution is 2.24. The van der Waals surface area contributed by atoms with Crippen LogP contribution < -0.4 is 0 Å². The number of aromatic nitrogens is 2. The Morgan fingerprint density at radius 2 is 2.05 bits per heavy atom. The SMILES string of the molecule is Cc1ccc2nc(CCCl)n(CC3CCN(C)CC3)c2c1. The van der Waals surface area contributed by atoms with Gasteiger partial charge in [0.05, 0.1) is 11.0 Å². The highest BCUT2D eigenvalue weighted by molar-refractivity contribution is 6.17. The van der Waals surface area contributed by atoms with Gasteiger partial charge >= 0.3 is 0 Å². The Morgan fingerprint density at radius 1 is 1.29 bits per heavy atom. The van der Waals surface area contributed by atoms with Crippen LogP contribution in [0.4, 0.5) is 0 Å². The molecule has 0 aliphatic carbocycles. The van der Waals surface area contributed by atoms with Gasteiger partial charge in [0.25, 0.3) is 0 Å². The molecule has 0 saturated carbocycles. The van der Waals surface area contributed by atoms with E-state index in [9.17, 15) is 0 Å². The second-order valence-corrected chi connectivity index (χ2v) is 6.69. The molecule has 0 N–H and O–H groups in total. The number of halogens is 1. The molecule has 3 rings (SSSR count). The van der Waals surface area contributed by atoms with Crippen LogP contribution in [0, 0.1) is 12.8 Å². The molecule has 0 radical (unpaired) electrons. The zero-order chi connectivity index (χ0) is 14.8. The molecule has 0 spiro atoms. The van der Waals surface area contributed by atoms with Crippen LogP contribution in [-0.2, 0) is 13.0 Å². The Balaban J connectivity index is 1.91. The van der Waals surface area contributed by atoms with E-state index in [1.165, 1.54) is 37.0 Å². The molecular weight excluding hydrogens is 282 g/mol. The first kappa shape index (κ1) is 14.9. The van der Waals surface area contributed by atoms with E-state index >= 15 is 0 Å². The van der Waals surface area contributed by atoms with E-state index in [4.69, 9.17) is 16.6 Å². The Labute approximate surface area is 131 Å². The fraction of sp³-hybridized carbons (Fsp3) is 0.588. The smallest absolute Gasteiger partial charge is 0.111 e. The minimum atomic E-state index is 0.635. The van der Waals surface area contributed by atoms with E-state index in [0.717, 1.165) is 30.2 Å². The average molecular weight is 306 g/mol. The lowest BCUT2D eigenvalue weighted by Gasteiger charge is -2.29. The van der Waals surface area contributed by atoms with Crippen LogP contribution >= 0.6 is 11.6 Å². The maximum Gasteiger partial charge on any atom is 0.111 e. The van der Waals surface area contributed by atoms with Crippen molar-refractivity contribution in [3.63, 3.8) is 0 Å². The van der Waals surface area contributed by atoms with Gasteiger partial charge in [-0.25, -0.2) is 4.98 Å². The molecule has 0 atom stereocenters. The second-order valence-electron chi connectivity index (χ2n) is 6.32. The minimum absolute atomic E-state index is 0.635. The first-order valence-corrected chi connectivity index (χ1v) is 8.41. The van der Waals surface area contributed by atoms with Crippen molar-refractivity contribution in [1.29, 1.82) is 0 Å². The van der Waals surface area contributed by atoms with Gasteiger partial charge in [0.1, 0.15) is 5.82 Å². The molecular formula is C17H24ClN3. The molecule has 21 heavy (non-hydrogen) atoms. The number of piperidine rings is 1. The highest BCUT2D eigenvalue weighted by Gasteiger charge is 2.20. The highest BCUT2D eigenvalue weighted by atomic mass is 35.5. The molecule has 0 bridgehead atoms. The normalized spacial score (nSPS) is 17.7. The summed E-state index contributed by atoms with van der Waals surface area (Å²) >= 11 is 5.97. The van der Waals surface area contributed by atoms with Gasteiger partial charge in [-0.2, -0.15) is 0 Å². The molecule has 4 heteroatoms. The summed E-state index contributed by atoms with van der Waals surface area (Å²) in [6.45, 7) is 5.65. The van der Waals surface area contributed by atoms with Crippen LogP contribution in [0.5, 0.6) is 0 Å². The first-order valence-electron chi connectivity index (χ1n) is 7.87. The van der Waals surface area contributed by atoms with E-state index in [1.54, 1.807) is 0 Å². The number of hydrogen-bond acceptors (Lipinski definition) is 2. The number of benzene rings is 1.